The number of amides is 2. The Bertz CT molecular complexity index is 865. The number of hydrogen-bond acceptors (Lipinski definition) is 4. The fourth-order valence-corrected chi connectivity index (χ4v) is 2.38. The molecule has 132 valence electrons. The fraction of sp³-hybridized carbons (Fsp3) is 0.200. The Morgan fingerprint density at radius 2 is 1.85 bits per heavy atom. The Balaban J connectivity index is 1.49. The van der Waals surface area contributed by atoms with E-state index in [1.54, 1.807) is 36.4 Å². The Kier molecular flexibility index (Phi) is 5.40. The minimum atomic E-state index is -0.691. The van der Waals surface area contributed by atoms with Gasteiger partial charge in [0.2, 0.25) is 12.0 Å². The number of anilines is 1. The molecule has 6 nitrogen and oxygen atoms in total. The van der Waals surface area contributed by atoms with Gasteiger partial charge in [-0.05, 0) is 36.4 Å². The molecule has 1 aliphatic heterocycles. The van der Waals surface area contributed by atoms with Gasteiger partial charge < -0.3 is 20.1 Å². The van der Waals surface area contributed by atoms with Gasteiger partial charge in [-0.25, -0.2) is 0 Å². The van der Waals surface area contributed by atoms with Crippen LogP contribution >= 0.6 is 0 Å². The maximum atomic E-state index is 12.1. The zero-order valence-corrected chi connectivity index (χ0v) is 14.2. The van der Waals surface area contributed by atoms with E-state index < -0.39 is 6.10 Å². The van der Waals surface area contributed by atoms with Crippen molar-refractivity contribution in [3.05, 3.63) is 54.1 Å². The lowest BCUT2D eigenvalue weighted by Crippen LogP contribution is -2.44. The third kappa shape index (κ3) is 4.54. The van der Waals surface area contributed by atoms with Gasteiger partial charge in [-0.3, -0.25) is 9.59 Å². The minimum Gasteiger partial charge on any atom is -0.485 e. The molecule has 3 rings (SSSR count). The third-order valence-electron chi connectivity index (χ3n) is 3.59. The number of hydrogen-bond donors (Lipinski definition) is 2. The second-order valence-corrected chi connectivity index (χ2v) is 5.64. The van der Waals surface area contributed by atoms with Crippen LogP contribution in [0.25, 0.3) is 0 Å². The highest BCUT2D eigenvalue weighted by Gasteiger charge is 2.26. The number of carbonyl (C=O) groups excluding carboxylic acids is 2. The van der Waals surface area contributed by atoms with Crippen molar-refractivity contribution in [2.75, 3.05) is 18.5 Å². The molecule has 1 heterocycles. The monoisotopic (exact) mass is 350 g/mol. The summed E-state index contributed by atoms with van der Waals surface area (Å²) in [5.41, 5.74) is 1.51. The van der Waals surface area contributed by atoms with E-state index >= 15 is 0 Å². The van der Waals surface area contributed by atoms with Crippen LogP contribution in [0.4, 0.5) is 5.69 Å². The van der Waals surface area contributed by atoms with Gasteiger partial charge in [0.15, 0.2) is 11.5 Å². The molecule has 0 spiro atoms. The van der Waals surface area contributed by atoms with Crippen molar-refractivity contribution in [2.24, 2.45) is 0 Å². The van der Waals surface area contributed by atoms with Crippen LogP contribution in [0, 0.1) is 11.8 Å². The summed E-state index contributed by atoms with van der Waals surface area (Å²) in [6.45, 7) is 1.82. The normalized spacial score (nSPS) is 14.6. The molecule has 1 atom stereocenters. The summed E-state index contributed by atoms with van der Waals surface area (Å²) >= 11 is 0. The highest BCUT2D eigenvalue weighted by atomic mass is 16.6. The number of nitrogens with one attached hydrogen (secondary N) is 2. The Morgan fingerprint density at radius 1 is 1.12 bits per heavy atom. The molecule has 0 fully saturated rings. The first kappa shape index (κ1) is 17.4. The van der Waals surface area contributed by atoms with E-state index in [2.05, 4.69) is 22.5 Å². The minimum absolute atomic E-state index is 0.122. The van der Waals surface area contributed by atoms with E-state index in [1.165, 1.54) is 6.92 Å². The van der Waals surface area contributed by atoms with Crippen LogP contribution in [-0.2, 0) is 9.59 Å². The lowest BCUT2D eigenvalue weighted by molar-refractivity contribution is -0.130. The van der Waals surface area contributed by atoms with Crippen molar-refractivity contribution in [3.8, 4) is 23.3 Å². The first-order valence-corrected chi connectivity index (χ1v) is 8.14. The molecule has 1 aliphatic rings. The quantitative estimate of drug-likeness (QED) is 0.830. The van der Waals surface area contributed by atoms with E-state index in [0.29, 0.717) is 17.2 Å². The molecule has 0 saturated carbocycles. The Labute approximate surface area is 151 Å². The van der Waals surface area contributed by atoms with Gasteiger partial charge in [0.1, 0.15) is 6.61 Å². The van der Waals surface area contributed by atoms with Gasteiger partial charge in [0.05, 0.1) is 6.54 Å². The number of para-hydroxylation sites is 2. The average molecular weight is 350 g/mol. The van der Waals surface area contributed by atoms with E-state index in [4.69, 9.17) is 9.47 Å². The van der Waals surface area contributed by atoms with E-state index in [1.807, 2.05) is 12.1 Å². The first-order valence-electron chi connectivity index (χ1n) is 8.14. The fourth-order valence-electron chi connectivity index (χ4n) is 2.38. The van der Waals surface area contributed by atoms with E-state index in [9.17, 15) is 9.59 Å². The molecule has 0 aliphatic carbocycles. The van der Waals surface area contributed by atoms with Crippen molar-refractivity contribution in [3.63, 3.8) is 0 Å². The second kappa shape index (κ2) is 8.08. The molecule has 0 radical (unpaired) electrons. The number of fused-ring (bicyclic) bond motifs is 1. The maximum Gasteiger partial charge on any atom is 0.265 e. The molecule has 6 heteroatoms. The van der Waals surface area contributed by atoms with Crippen molar-refractivity contribution < 1.29 is 19.1 Å². The maximum absolute atomic E-state index is 12.1. The highest BCUT2D eigenvalue weighted by Crippen LogP contribution is 2.30. The number of ether oxygens (including phenoxy) is 2. The van der Waals surface area contributed by atoms with E-state index in [-0.39, 0.29) is 25.0 Å². The zero-order chi connectivity index (χ0) is 18.4. The summed E-state index contributed by atoms with van der Waals surface area (Å²) < 4.78 is 11.2. The van der Waals surface area contributed by atoms with Crippen molar-refractivity contribution in [1.29, 1.82) is 0 Å². The van der Waals surface area contributed by atoms with Gasteiger partial charge >= 0.3 is 0 Å². The summed E-state index contributed by atoms with van der Waals surface area (Å²) in [7, 11) is 0. The molecular weight excluding hydrogens is 332 g/mol. The van der Waals surface area contributed by atoms with Gasteiger partial charge in [-0.15, -0.1) is 0 Å². The molecule has 2 N–H and O–H groups in total. The van der Waals surface area contributed by atoms with Gasteiger partial charge in [-0.2, -0.15) is 0 Å². The molecule has 0 saturated heterocycles. The summed E-state index contributed by atoms with van der Waals surface area (Å²) in [5.74, 6) is 6.64. The largest absolute Gasteiger partial charge is 0.485 e. The average Bonchev–Trinajstić information content (AvgIpc) is 2.65. The van der Waals surface area contributed by atoms with Crippen molar-refractivity contribution in [2.45, 2.75) is 13.0 Å². The standard InChI is InChI=1S/C20H18N2O4/c1-14(23)22-16-10-8-15(9-11-16)5-4-12-21-20(24)19-13-25-17-6-2-3-7-18(17)26-19/h2-3,6-11,19H,12-13H2,1H3,(H,21,24)(H,22,23). The summed E-state index contributed by atoms with van der Waals surface area (Å²) in [6.07, 6.45) is -0.691. The summed E-state index contributed by atoms with van der Waals surface area (Å²) in [5, 5.41) is 5.40. The van der Waals surface area contributed by atoms with Crippen LogP contribution in [0.2, 0.25) is 0 Å². The van der Waals surface area contributed by atoms with Crippen LogP contribution in [-0.4, -0.2) is 31.1 Å². The van der Waals surface area contributed by atoms with Gasteiger partial charge in [0.25, 0.3) is 5.91 Å². The van der Waals surface area contributed by atoms with Gasteiger partial charge in [-0.1, -0.05) is 24.0 Å². The molecule has 2 aromatic carbocycles. The smallest absolute Gasteiger partial charge is 0.265 e. The molecule has 2 aromatic rings. The SMILES string of the molecule is CC(=O)Nc1ccc(C#CCNC(=O)C2COc3ccccc3O2)cc1. The molecule has 1 unspecified atom stereocenters. The molecule has 0 bridgehead atoms. The van der Waals surface area contributed by atoms with Crippen LogP contribution < -0.4 is 20.1 Å². The summed E-state index contributed by atoms with van der Waals surface area (Å²) in [4.78, 5) is 23.1. The van der Waals surface area contributed by atoms with Crippen LogP contribution in [0.3, 0.4) is 0 Å². The number of benzene rings is 2. The lowest BCUT2D eigenvalue weighted by atomic mass is 10.2. The zero-order valence-electron chi connectivity index (χ0n) is 14.2. The summed E-state index contributed by atoms with van der Waals surface area (Å²) in [6, 6.07) is 14.4. The number of carbonyl (C=O) groups is 2. The highest BCUT2D eigenvalue weighted by molar-refractivity contribution is 5.88. The van der Waals surface area contributed by atoms with Crippen molar-refractivity contribution >= 4 is 17.5 Å². The molecule has 26 heavy (non-hydrogen) atoms. The van der Waals surface area contributed by atoms with E-state index in [0.717, 1.165) is 5.56 Å². The Morgan fingerprint density at radius 3 is 2.58 bits per heavy atom. The lowest BCUT2D eigenvalue weighted by Gasteiger charge is -2.25. The molecular formula is C20H18N2O4. The predicted molar refractivity (Wildman–Crippen MR) is 97.0 cm³/mol. The topological polar surface area (TPSA) is 76.7 Å². The first-order chi connectivity index (χ1) is 12.6. The third-order valence-corrected chi connectivity index (χ3v) is 3.59. The van der Waals surface area contributed by atoms with Crippen LogP contribution in [0.1, 0.15) is 12.5 Å². The van der Waals surface area contributed by atoms with Crippen LogP contribution in [0.15, 0.2) is 48.5 Å². The Hall–Kier alpha value is -3.46. The second-order valence-electron chi connectivity index (χ2n) is 5.64. The van der Waals surface area contributed by atoms with Crippen molar-refractivity contribution in [1.82, 2.24) is 5.32 Å². The molecule has 0 aromatic heterocycles. The number of rotatable bonds is 3. The molecule has 2 amide bonds. The van der Waals surface area contributed by atoms with Crippen LogP contribution in [0.5, 0.6) is 11.5 Å². The predicted octanol–water partition coefficient (Wildman–Crippen LogP) is 1.95. The van der Waals surface area contributed by atoms with Gasteiger partial charge in [0, 0.05) is 18.2 Å².